The van der Waals surface area contributed by atoms with Gasteiger partial charge in [0.1, 0.15) is 30.0 Å². The van der Waals surface area contributed by atoms with Gasteiger partial charge in [0.2, 0.25) is 0 Å². The minimum Gasteiger partial charge on any atom is -0.491 e. The third kappa shape index (κ3) is 6.20. The minimum absolute atomic E-state index is 0. The Kier molecular flexibility index (Phi) is 8.02. The highest BCUT2D eigenvalue weighted by atomic mass is 35.5. The number of hydrogen-bond acceptors (Lipinski definition) is 5. The van der Waals surface area contributed by atoms with Crippen LogP contribution in [-0.2, 0) is 0 Å². The van der Waals surface area contributed by atoms with Gasteiger partial charge in [-0.1, -0.05) is 0 Å². The average molecular weight is 399 g/mol. The Morgan fingerprint density at radius 2 is 2.19 bits per heavy atom. The zero-order chi connectivity index (χ0) is 18.4. The van der Waals surface area contributed by atoms with Crippen molar-refractivity contribution in [3.8, 4) is 5.75 Å². The van der Waals surface area contributed by atoms with E-state index in [4.69, 9.17) is 4.74 Å². The number of carbonyl (C=O) groups excluding carboxylic acids is 1. The van der Waals surface area contributed by atoms with Crippen molar-refractivity contribution in [3.63, 3.8) is 0 Å². The predicted molar refractivity (Wildman–Crippen MR) is 101 cm³/mol. The number of nitrogens with one attached hydrogen (secondary N) is 2. The first-order chi connectivity index (χ1) is 12.6. The standard InChI is InChI=1S/C18H23FN4O3.ClH/c19-13-3-5-16(6-4-13)26-12-15(24)11-21-18(25)17-7-9-23(22-17)14-2-1-8-20-10-14;/h3-7,9,14-15,20,24H,1-2,8,10-12H2,(H,21,25);1H. The molecule has 0 bridgehead atoms. The highest BCUT2D eigenvalue weighted by Gasteiger charge is 2.18. The first-order valence-corrected chi connectivity index (χ1v) is 8.72. The molecule has 3 rings (SSSR count). The van der Waals surface area contributed by atoms with Crippen molar-refractivity contribution < 1.29 is 19.0 Å². The Bertz CT molecular complexity index is 720. The van der Waals surface area contributed by atoms with Crippen molar-refractivity contribution in [1.29, 1.82) is 0 Å². The zero-order valence-corrected chi connectivity index (χ0v) is 15.6. The second-order valence-electron chi connectivity index (χ2n) is 6.31. The van der Waals surface area contributed by atoms with Gasteiger partial charge >= 0.3 is 0 Å². The van der Waals surface area contributed by atoms with Gasteiger partial charge in [-0.3, -0.25) is 9.48 Å². The fraction of sp³-hybridized carbons (Fsp3) is 0.444. The Hall–Kier alpha value is -2.16. The second kappa shape index (κ2) is 10.2. The number of rotatable bonds is 7. The van der Waals surface area contributed by atoms with Crippen molar-refractivity contribution in [2.24, 2.45) is 0 Å². The Balaban J connectivity index is 0.00000261. The van der Waals surface area contributed by atoms with Crippen molar-refractivity contribution in [1.82, 2.24) is 20.4 Å². The van der Waals surface area contributed by atoms with Gasteiger partial charge in [-0.05, 0) is 49.7 Å². The summed E-state index contributed by atoms with van der Waals surface area (Å²) in [6, 6.07) is 7.45. The smallest absolute Gasteiger partial charge is 0.271 e. The molecule has 0 spiro atoms. The number of amides is 1. The highest BCUT2D eigenvalue weighted by Crippen LogP contribution is 2.15. The van der Waals surface area contributed by atoms with Gasteiger partial charge in [0.05, 0.1) is 6.04 Å². The third-order valence-corrected chi connectivity index (χ3v) is 4.24. The topological polar surface area (TPSA) is 88.4 Å². The SMILES string of the molecule is Cl.O=C(NCC(O)COc1ccc(F)cc1)c1ccn(C2CCCNC2)n1. The van der Waals surface area contributed by atoms with Crippen molar-refractivity contribution >= 4 is 18.3 Å². The summed E-state index contributed by atoms with van der Waals surface area (Å²) in [6.45, 7) is 1.90. The van der Waals surface area contributed by atoms with Crippen LogP contribution in [0.5, 0.6) is 5.75 Å². The van der Waals surface area contributed by atoms with Gasteiger partial charge in [-0.2, -0.15) is 5.10 Å². The quantitative estimate of drug-likeness (QED) is 0.658. The minimum atomic E-state index is -0.881. The van der Waals surface area contributed by atoms with E-state index >= 15 is 0 Å². The molecule has 2 aromatic rings. The number of aliphatic hydroxyl groups is 1. The van der Waals surface area contributed by atoms with E-state index in [-0.39, 0.29) is 43.3 Å². The summed E-state index contributed by atoms with van der Waals surface area (Å²) < 4.78 is 20.0. The number of nitrogens with zero attached hydrogens (tertiary/aromatic N) is 2. The Morgan fingerprint density at radius 3 is 2.89 bits per heavy atom. The summed E-state index contributed by atoms with van der Waals surface area (Å²) in [5.41, 5.74) is 0.322. The van der Waals surface area contributed by atoms with E-state index in [0.29, 0.717) is 11.4 Å². The Labute approximate surface area is 163 Å². The molecule has 9 heteroatoms. The number of carbonyl (C=O) groups is 1. The van der Waals surface area contributed by atoms with Crippen LogP contribution in [-0.4, -0.2) is 53.1 Å². The largest absolute Gasteiger partial charge is 0.491 e. The summed E-state index contributed by atoms with van der Waals surface area (Å²) in [7, 11) is 0. The van der Waals surface area contributed by atoms with Crippen molar-refractivity contribution in [2.75, 3.05) is 26.2 Å². The fourth-order valence-electron chi connectivity index (χ4n) is 2.80. The van der Waals surface area contributed by atoms with Gasteiger partial charge in [-0.25, -0.2) is 4.39 Å². The van der Waals surface area contributed by atoms with E-state index in [1.54, 1.807) is 12.3 Å². The van der Waals surface area contributed by atoms with Crippen LogP contribution in [0.25, 0.3) is 0 Å². The van der Waals surface area contributed by atoms with Crippen LogP contribution in [0.2, 0.25) is 0 Å². The summed E-state index contributed by atoms with van der Waals surface area (Å²) in [4.78, 5) is 12.2. The molecule has 1 fully saturated rings. The predicted octanol–water partition coefficient (Wildman–Crippen LogP) is 1.54. The maximum Gasteiger partial charge on any atom is 0.271 e. The van der Waals surface area contributed by atoms with Gasteiger partial charge in [0, 0.05) is 19.3 Å². The monoisotopic (exact) mass is 398 g/mol. The fourth-order valence-corrected chi connectivity index (χ4v) is 2.80. The number of ether oxygens (including phenoxy) is 1. The molecule has 148 valence electrons. The third-order valence-electron chi connectivity index (χ3n) is 4.24. The molecule has 0 saturated carbocycles. The van der Waals surface area contributed by atoms with Crippen LogP contribution in [0.15, 0.2) is 36.5 Å². The number of aliphatic hydroxyl groups excluding tert-OH is 1. The molecule has 27 heavy (non-hydrogen) atoms. The van der Waals surface area contributed by atoms with E-state index in [1.807, 2.05) is 4.68 Å². The molecule has 2 heterocycles. The lowest BCUT2D eigenvalue weighted by molar-refractivity contribution is 0.0838. The molecule has 2 atom stereocenters. The molecule has 3 N–H and O–H groups in total. The Morgan fingerprint density at radius 1 is 1.41 bits per heavy atom. The lowest BCUT2D eigenvalue weighted by atomic mass is 10.1. The lowest BCUT2D eigenvalue weighted by Gasteiger charge is -2.22. The van der Waals surface area contributed by atoms with Crippen LogP contribution in [0.4, 0.5) is 4.39 Å². The number of piperidine rings is 1. The molecule has 1 saturated heterocycles. The molecule has 1 amide bonds. The van der Waals surface area contributed by atoms with Gasteiger partial charge in [0.15, 0.2) is 0 Å². The first kappa shape index (κ1) is 21.1. The number of aromatic nitrogens is 2. The summed E-state index contributed by atoms with van der Waals surface area (Å²) in [5, 5.41) is 20.2. The number of benzene rings is 1. The molecule has 7 nitrogen and oxygen atoms in total. The average Bonchev–Trinajstić information content (AvgIpc) is 3.17. The summed E-state index contributed by atoms with van der Waals surface area (Å²) in [6.07, 6.45) is 3.05. The summed E-state index contributed by atoms with van der Waals surface area (Å²) in [5.74, 6) is -0.237. The first-order valence-electron chi connectivity index (χ1n) is 8.72. The molecular formula is C18H24ClFN4O3. The zero-order valence-electron chi connectivity index (χ0n) is 14.8. The molecular weight excluding hydrogens is 375 g/mol. The van der Waals surface area contributed by atoms with Gasteiger partial charge < -0.3 is 20.5 Å². The molecule has 0 aliphatic carbocycles. The van der Waals surface area contributed by atoms with Crippen LogP contribution in [0.1, 0.15) is 29.4 Å². The van der Waals surface area contributed by atoms with Gasteiger partial charge in [-0.15, -0.1) is 12.4 Å². The molecule has 2 unspecified atom stereocenters. The highest BCUT2D eigenvalue weighted by molar-refractivity contribution is 5.92. The molecule has 1 aromatic heterocycles. The van der Waals surface area contributed by atoms with E-state index < -0.39 is 6.10 Å². The molecule has 1 aliphatic rings. The second-order valence-corrected chi connectivity index (χ2v) is 6.31. The van der Waals surface area contributed by atoms with Crippen molar-refractivity contribution in [3.05, 3.63) is 48.0 Å². The molecule has 1 aromatic carbocycles. The lowest BCUT2D eigenvalue weighted by Crippen LogP contribution is -2.36. The molecule has 0 radical (unpaired) electrons. The van der Waals surface area contributed by atoms with Crippen molar-refractivity contribution in [2.45, 2.75) is 25.0 Å². The number of halogens is 2. The maximum absolute atomic E-state index is 12.8. The maximum atomic E-state index is 12.8. The van der Waals surface area contributed by atoms with E-state index in [1.165, 1.54) is 24.3 Å². The van der Waals surface area contributed by atoms with E-state index in [9.17, 15) is 14.3 Å². The van der Waals surface area contributed by atoms with Crippen LogP contribution in [0, 0.1) is 5.82 Å². The van der Waals surface area contributed by atoms with Crippen LogP contribution >= 0.6 is 12.4 Å². The van der Waals surface area contributed by atoms with Crippen LogP contribution in [0.3, 0.4) is 0 Å². The number of hydrogen-bond donors (Lipinski definition) is 3. The normalized spacial score (nSPS) is 17.6. The summed E-state index contributed by atoms with van der Waals surface area (Å²) >= 11 is 0. The van der Waals surface area contributed by atoms with E-state index in [2.05, 4.69) is 15.7 Å². The van der Waals surface area contributed by atoms with Crippen LogP contribution < -0.4 is 15.4 Å². The van der Waals surface area contributed by atoms with E-state index in [0.717, 1.165) is 25.9 Å². The molecule has 1 aliphatic heterocycles. The van der Waals surface area contributed by atoms with Gasteiger partial charge in [0.25, 0.3) is 5.91 Å².